The minimum Gasteiger partial charge on any atom is -0.357 e. The molecule has 0 atom stereocenters. The number of benzene rings is 1. The zero-order valence-electron chi connectivity index (χ0n) is 14.8. The molecule has 25 heavy (non-hydrogen) atoms. The molecule has 134 valence electrons. The van der Waals surface area contributed by atoms with Crippen LogP contribution in [0.2, 0.25) is 5.02 Å². The van der Waals surface area contributed by atoms with Crippen LogP contribution < -0.4 is 4.90 Å². The van der Waals surface area contributed by atoms with E-state index in [1.54, 1.807) is 0 Å². The van der Waals surface area contributed by atoms with Crippen molar-refractivity contribution < 1.29 is 4.79 Å². The van der Waals surface area contributed by atoms with E-state index in [-0.39, 0.29) is 17.9 Å². The van der Waals surface area contributed by atoms with Crippen LogP contribution in [0, 0.1) is 5.92 Å². The third kappa shape index (κ3) is 3.93. The Morgan fingerprint density at radius 3 is 2.64 bits per heavy atom. The molecule has 0 bridgehead atoms. The Morgan fingerprint density at radius 2 is 2.00 bits per heavy atom. The standard InChI is InChI=1S/C19H23BrClN3O/c1-12(2)23(3)19(25)13-6-8-24(9-7-13)17-5-4-14-10-15(20)11-16(21)18(14)22-17/h4-5,10-13H,6-9H2,1-3H3. The molecule has 0 aliphatic carbocycles. The minimum atomic E-state index is 0.114. The number of fused-ring (bicyclic) bond motifs is 1. The van der Waals surface area contributed by atoms with Gasteiger partial charge < -0.3 is 9.80 Å². The molecule has 0 radical (unpaired) electrons. The lowest BCUT2D eigenvalue weighted by atomic mass is 9.95. The second-order valence-electron chi connectivity index (χ2n) is 6.93. The molecule has 3 rings (SSSR count). The molecule has 1 aromatic heterocycles. The highest BCUT2D eigenvalue weighted by atomic mass is 79.9. The highest BCUT2D eigenvalue weighted by Gasteiger charge is 2.28. The maximum Gasteiger partial charge on any atom is 0.225 e. The van der Waals surface area contributed by atoms with E-state index in [1.807, 2.05) is 44.0 Å². The number of rotatable bonds is 3. The van der Waals surface area contributed by atoms with Gasteiger partial charge in [-0.2, -0.15) is 0 Å². The van der Waals surface area contributed by atoms with Crippen molar-refractivity contribution in [2.45, 2.75) is 32.7 Å². The van der Waals surface area contributed by atoms with Gasteiger partial charge in [-0.15, -0.1) is 0 Å². The molecule has 4 nitrogen and oxygen atoms in total. The van der Waals surface area contributed by atoms with E-state index >= 15 is 0 Å². The van der Waals surface area contributed by atoms with Gasteiger partial charge in [0, 0.05) is 42.0 Å². The van der Waals surface area contributed by atoms with Gasteiger partial charge in [-0.25, -0.2) is 4.98 Å². The lowest BCUT2D eigenvalue weighted by Gasteiger charge is -2.35. The topological polar surface area (TPSA) is 36.4 Å². The molecule has 0 unspecified atom stereocenters. The molecule has 2 aromatic rings. The normalized spacial score (nSPS) is 15.8. The third-order valence-electron chi connectivity index (χ3n) is 4.99. The average molecular weight is 425 g/mol. The molecule has 1 amide bonds. The summed E-state index contributed by atoms with van der Waals surface area (Å²) < 4.78 is 0.952. The second-order valence-corrected chi connectivity index (χ2v) is 8.26. The van der Waals surface area contributed by atoms with E-state index in [9.17, 15) is 4.79 Å². The van der Waals surface area contributed by atoms with Crippen LogP contribution in [-0.4, -0.2) is 42.0 Å². The summed E-state index contributed by atoms with van der Waals surface area (Å²) in [4.78, 5) is 21.4. The zero-order valence-corrected chi connectivity index (χ0v) is 17.1. The molecule has 1 saturated heterocycles. The van der Waals surface area contributed by atoms with E-state index in [1.165, 1.54) is 0 Å². The molecular formula is C19H23BrClN3O. The summed E-state index contributed by atoms with van der Waals surface area (Å²) in [5, 5.41) is 1.67. The van der Waals surface area contributed by atoms with Gasteiger partial charge in [-0.3, -0.25) is 4.79 Å². The molecule has 0 spiro atoms. The molecule has 2 heterocycles. The monoisotopic (exact) mass is 423 g/mol. The fourth-order valence-electron chi connectivity index (χ4n) is 3.22. The maximum atomic E-state index is 12.5. The lowest BCUT2D eigenvalue weighted by molar-refractivity contribution is -0.136. The largest absolute Gasteiger partial charge is 0.357 e. The number of nitrogens with zero attached hydrogens (tertiary/aromatic N) is 3. The first-order chi connectivity index (χ1) is 11.9. The number of carbonyl (C=O) groups excluding carboxylic acids is 1. The number of aromatic nitrogens is 1. The van der Waals surface area contributed by atoms with Crippen LogP contribution in [0.15, 0.2) is 28.7 Å². The minimum absolute atomic E-state index is 0.114. The number of halogens is 2. The molecule has 6 heteroatoms. The summed E-state index contributed by atoms with van der Waals surface area (Å²) in [5.41, 5.74) is 0.820. The molecule has 0 N–H and O–H groups in total. The molecule has 1 aliphatic heterocycles. The Balaban J connectivity index is 1.73. The quantitative estimate of drug-likeness (QED) is 0.714. The summed E-state index contributed by atoms with van der Waals surface area (Å²) in [7, 11) is 1.89. The van der Waals surface area contributed by atoms with Gasteiger partial charge in [0.15, 0.2) is 0 Å². The third-order valence-corrected chi connectivity index (χ3v) is 5.73. The number of hydrogen-bond donors (Lipinski definition) is 0. The summed E-state index contributed by atoms with van der Waals surface area (Å²) >= 11 is 9.80. The van der Waals surface area contributed by atoms with Crippen molar-refractivity contribution in [3.8, 4) is 0 Å². The first-order valence-electron chi connectivity index (χ1n) is 8.64. The van der Waals surface area contributed by atoms with Crippen LogP contribution in [0.4, 0.5) is 5.82 Å². The van der Waals surface area contributed by atoms with Crippen molar-refractivity contribution in [3.05, 3.63) is 33.8 Å². The lowest BCUT2D eigenvalue weighted by Crippen LogP contribution is -2.43. The summed E-state index contributed by atoms with van der Waals surface area (Å²) in [5.74, 6) is 1.30. The van der Waals surface area contributed by atoms with Crippen molar-refractivity contribution >= 4 is 50.2 Å². The van der Waals surface area contributed by atoms with Crippen molar-refractivity contribution in [1.29, 1.82) is 0 Å². The Bertz CT molecular complexity index is 788. The Hall–Kier alpha value is -1.33. The highest BCUT2D eigenvalue weighted by molar-refractivity contribution is 9.10. The van der Waals surface area contributed by atoms with Gasteiger partial charge in [0.1, 0.15) is 5.82 Å². The van der Waals surface area contributed by atoms with Crippen LogP contribution in [0.5, 0.6) is 0 Å². The van der Waals surface area contributed by atoms with Gasteiger partial charge in [-0.05, 0) is 51.0 Å². The Labute approximate surface area is 162 Å². The van der Waals surface area contributed by atoms with E-state index in [4.69, 9.17) is 16.6 Å². The fourth-order valence-corrected chi connectivity index (χ4v) is 4.10. The number of amides is 1. The average Bonchev–Trinajstić information content (AvgIpc) is 2.60. The van der Waals surface area contributed by atoms with E-state index in [0.717, 1.165) is 47.1 Å². The molecule has 0 saturated carbocycles. The predicted molar refractivity (Wildman–Crippen MR) is 107 cm³/mol. The van der Waals surface area contributed by atoms with Crippen LogP contribution in [0.3, 0.4) is 0 Å². The summed E-state index contributed by atoms with van der Waals surface area (Å²) in [6.45, 7) is 5.78. The fraction of sp³-hybridized carbons (Fsp3) is 0.474. The number of carbonyl (C=O) groups is 1. The number of hydrogen-bond acceptors (Lipinski definition) is 3. The predicted octanol–water partition coefficient (Wildman–Crippen LogP) is 4.73. The first kappa shape index (κ1) is 18.5. The van der Waals surface area contributed by atoms with E-state index in [0.29, 0.717) is 5.02 Å². The van der Waals surface area contributed by atoms with Gasteiger partial charge >= 0.3 is 0 Å². The van der Waals surface area contributed by atoms with Crippen molar-refractivity contribution in [1.82, 2.24) is 9.88 Å². The first-order valence-corrected chi connectivity index (χ1v) is 9.81. The number of piperidine rings is 1. The van der Waals surface area contributed by atoms with E-state index in [2.05, 4.69) is 26.9 Å². The summed E-state index contributed by atoms with van der Waals surface area (Å²) in [6.07, 6.45) is 1.73. The van der Waals surface area contributed by atoms with Gasteiger partial charge in [0.05, 0.1) is 10.5 Å². The molecule has 1 fully saturated rings. The van der Waals surface area contributed by atoms with Crippen LogP contribution >= 0.6 is 27.5 Å². The Morgan fingerprint density at radius 1 is 1.32 bits per heavy atom. The molecule has 1 aromatic carbocycles. The molecule has 1 aliphatic rings. The van der Waals surface area contributed by atoms with Crippen LogP contribution in [0.1, 0.15) is 26.7 Å². The van der Waals surface area contributed by atoms with Gasteiger partial charge in [0.2, 0.25) is 5.91 Å². The van der Waals surface area contributed by atoms with E-state index < -0.39 is 0 Å². The van der Waals surface area contributed by atoms with Gasteiger partial charge in [-0.1, -0.05) is 27.5 Å². The van der Waals surface area contributed by atoms with Crippen LogP contribution in [0.25, 0.3) is 10.9 Å². The highest BCUT2D eigenvalue weighted by Crippen LogP contribution is 2.30. The molecular weight excluding hydrogens is 402 g/mol. The smallest absolute Gasteiger partial charge is 0.225 e. The van der Waals surface area contributed by atoms with Crippen LogP contribution in [-0.2, 0) is 4.79 Å². The van der Waals surface area contributed by atoms with Gasteiger partial charge in [0.25, 0.3) is 0 Å². The number of pyridine rings is 1. The number of anilines is 1. The van der Waals surface area contributed by atoms with Crippen molar-refractivity contribution in [3.63, 3.8) is 0 Å². The Kier molecular flexibility index (Phi) is 5.54. The maximum absolute atomic E-state index is 12.5. The van der Waals surface area contributed by atoms with Crippen molar-refractivity contribution in [2.75, 3.05) is 25.0 Å². The summed E-state index contributed by atoms with van der Waals surface area (Å²) in [6, 6.07) is 8.22. The van der Waals surface area contributed by atoms with Crippen molar-refractivity contribution in [2.24, 2.45) is 5.92 Å². The zero-order chi connectivity index (χ0) is 18.1. The second kappa shape index (κ2) is 7.50. The SMILES string of the molecule is CC(C)N(C)C(=O)C1CCN(c2ccc3cc(Br)cc(Cl)c3n2)CC1.